The Bertz CT molecular complexity index is 957. The van der Waals surface area contributed by atoms with Gasteiger partial charge in [0.2, 0.25) is 15.9 Å². The Morgan fingerprint density at radius 1 is 1.17 bits per heavy atom. The highest BCUT2D eigenvalue weighted by molar-refractivity contribution is 7.88. The molecule has 156 valence electrons. The number of halogens is 1. The van der Waals surface area contributed by atoms with Crippen LogP contribution in [0.2, 0.25) is 5.02 Å². The summed E-state index contributed by atoms with van der Waals surface area (Å²) in [7, 11) is -1.85. The van der Waals surface area contributed by atoms with Gasteiger partial charge in [-0.3, -0.25) is 4.79 Å². The molecule has 1 aliphatic rings. The molecule has 0 spiro atoms. The van der Waals surface area contributed by atoms with E-state index >= 15 is 0 Å². The fourth-order valence-corrected chi connectivity index (χ4v) is 5.33. The number of sulfonamides is 1. The summed E-state index contributed by atoms with van der Waals surface area (Å²) in [5, 5.41) is 3.38. The third-order valence-corrected chi connectivity index (χ3v) is 7.22. The van der Waals surface area contributed by atoms with Gasteiger partial charge in [0.1, 0.15) is 0 Å². The van der Waals surface area contributed by atoms with E-state index in [0.717, 1.165) is 11.3 Å². The molecule has 1 amide bonds. The monoisotopic (exact) mass is 436 g/mol. The fraction of sp³-hybridized carbons (Fsp3) is 0.381. The van der Waals surface area contributed by atoms with Crippen LogP contribution in [-0.4, -0.2) is 38.8 Å². The molecule has 0 aliphatic carbocycles. The number of hydrogen-bond donors (Lipinski definition) is 1. The van der Waals surface area contributed by atoms with E-state index in [-0.39, 0.29) is 17.6 Å². The Hall–Kier alpha value is -1.93. The average Bonchev–Trinajstić information content (AvgIpc) is 2.70. The van der Waals surface area contributed by atoms with Crippen LogP contribution in [0.15, 0.2) is 48.5 Å². The van der Waals surface area contributed by atoms with Crippen LogP contribution in [0, 0.1) is 5.92 Å². The quantitative estimate of drug-likeness (QED) is 0.718. The molecule has 1 N–H and O–H groups in total. The molecule has 6 nitrogen and oxygen atoms in total. The molecular formula is C21H25ClN2O4S. The number of nitrogens with zero attached hydrogens (tertiary/aromatic N) is 1. The van der Waals surface area contributed by atoms with Crippen LogP contribution in [0.1, 0.15) is 24.0 Å². The summed E-state index contributed by atoms with van der Waals surface area (Å²) in [4.78, 5) is 12.6. The molecule has 1 fully saturated rings. The second kappa shape index (κ2) is 9.71. The standard InChI is InChI=1S/C21H25ClN2O4S/c1-28-14-16-5-4-7-19(13-16)23-21(25)17-9-11-24(12-10-17)29(26,27)15-18-6-2-3-8-20(18)22/h2-8,13,17H,9-12,14-15H2,1H3,(H,23,25). The lowest BCUT2D eigenvalue weighted by Crippen LogP contribution is -2.41. The SMILES string of the molecule is COCc1cccc(NC(=O)C2CCN(S(=O)(=O)Cc3ccccc3Cl)CC2)c1. The highest BCUT2D eigenvalue weighted by Gasteiger charge is 2.31. The van der Waals surface area contributed by atoms with Gasteiger partial charge >= 0.3 is 0 Å². The maximum absolute atomic E-state index is 12.7. The largest absolute Gasteiger partial charge is 0.380 e. The number of piperidine rings is 1. The van der Waals surface area contributed by atoms with Gasteiger partial charge < -0.3 is 10.1 Å². The van der Waals surface area contributed by atoms with Crippen molar-refractivity contribution in [3.8, 4) is 0 Å². The summed E-state index contributed by atoms with van der Waals surface area (Å²) >= 11 is 6.10. The molecule has 3 rings (SSSR count). The van der Waals surface area contributed by atoms with E-state index < -0.39 is 10.0 Å². The molecule has 0 radical (unpaired) electrons. The molecular weight excluding hydrogens is 412 g/mol. The minimum absolute atomic E-state index is 0.0808. The zero-order valence-electron chi connectivity index (χ0n) is 16.3. The number of nitrogens with one attached hydrogen (secondary N) is 1. The molecule has 0 bridgehead atoms. The van der Waals surface area contributed by atoms with Crippen LogP contribution in [0.4, 0.5) is 5.69 Å². The summed E-state index contributed by atoms with van der Waals surface area (Å²) in [5.41, 5.74) is 2.29. The van der Waals surface area contributed by atoms with Crippen LogP contribution in [-0.2, 0) is 31.9 Å². The molecule has 8 heteroatoms. The topological polar surface area (TPSA) is 75.7 Å². The molecule has 0 atom stereocenters. The molecule has 29 heavy (non-hydrogen) atoms. The number of ether oxygens (including phenoxy) is 1. The zero-order valence-corrected chi connectivity index (χ0v) is 17.9. The third kappa shape index (κ3) is 5.79. The Morgan fingerprint density at radius 2 is 1.90 bits per heavy atom. The van der Waals surface area contributed by atoms with Crippen molar-refractivity contribution in [2.45, 2.75) is 25.2 Å². The van der Waals surface area contributed by atoms with Crippen molar-refractivity contribution >= 4 is 33.2 Å². The zero-order chi connectivity index (χ0) is 20.9. The predicted molar refractivity (Wildman–Crippen MR) is 114 cm³/mol. The molecule has 0 unspecified atom stereocenters. The molecule has 0 aromatic heterocycles. The molecule has 2 aromatic carbocycles. The van der Waals surface area contributed by atoms with E-state index in [4.69, 9.17) is 16.3 Å². The van der Waals surface area contributed by atoms with E-state index in [0.29, 0.717) is 43.1 Å². The van der Waals surface area contributed by atoms with Crippen LogP contribution >= 0.6 is 11.6 Å². The van der Waals surface area contributed by atoms with E-state index in [1.807, 2.05) is 24.3 Å². The second-order valence-electron chi connectivity index (χ2n) is 7.14. The smallest absolute Gasteiger partial charge is 0.227 e. The van der Waals surface area contributed by atoms with Gasteiger partial charge in [0.25, 0.3) is 0 Å². The number of benzene rings is 2. The van der Waals surface area contributed by atoms with Gasteiger partial charge in [-0.25, -0.2) is 12.7 Å². The van der Waals surface area contributed by atoms with Crippen molar-refractivity contribution < 1.29 is 17.9 Å². The normalized spacial score (nSPS) is 15.9. The first-order chi connectivity index (χ1) is 13.9. The number of carbonyl (C=O) groups is 1. The summed E-state index contributed by atoms with van der Waals surface area (Å²) in [6.45, 7) is 1.13. The summed E-state index contributed by atoms with van der Waals surface area (Å²) in [5.74, 6) is -0.425. The Balaban J connectivity index is 1.56. The van der Waals surface area contributed by atoms with Gasteiger partial charge in [-0.15, -0.1) is 0 Å². The first kappa shape index (κ1) is 21.8. The lowest BCUT2D eigenvalue weighted by molar-refractivity contribution is -0.120. The van der Waals surface area contributed by atoms with E-state index in [1.165, 1.54) is 4.31 Å². The van der Waals surface area contributed by atoms with Gasteiger partial charge in [-0.2, -0.15) is 0 Å². The van der Waals surface area contributed by atoms with E-state index in [9.17, 15) is 13.2 Å². The van der Waals surface area contributed by atoms with Gasteiger partial charge in [0, 0.05) is 36.8 Å². The molecule has 1 heterocycles. The predicted octanol–water partition coefficient (Wildman–Crippen LogP) is 3.67. The highest BCUT2D eigenvalue weighted by atomic mass is 35.5. The van der Waals surface area contributed by atoms with Crippen molar-refractivity contribution in [2.24, 2.45) is 5.92 Å². The number of methoxy groups -OCH3 is 1. The number of anilines is 1. The van der Waals surface area contributed by atoms with Gasteiger partial charge in [-0.05, 0) is 42.2 Å². The Kier molecular flexibility index (Phi) is 7.29. The Morgan fingerprint density at radius 3 is 2.59 bits per heavy atom. The van der Waals surface area contributed by atoms with Crippen molar-refractivity contribution in [1.29, 1.82) is 0 Å². The summed E-state index contributed by atoms with van der Waals surface area (Å²) < 4.78 is 32.0. The lowest BCUT2D eigenvalue weighted by Gasteiger charge is -2.30. The molecule has 2 aromatic rings. The molecule has 1 saturated heterocycles. The first-order valence-corrected chi connectivity index (χ1v) is 11.5. The number of rotatable bonds is 7. The minimum Gasteiger partial charge on any atom is -0.380 e. The number of carbonyl (C=O) groups excluding carboxylic acids is 1. The van der Waals surface area contributed by atoms with Gasteiger partial charge in [0.05, 0.1) is 12.4 Å². The second-order valence-corrected chi connectivity index (χ2v) is 9.52. The minimum atomic E-state index is -3.48. The Labute approximate surface area is 176 Å². The third-order valence-electron chi connectivity index (χ3n) is 5.02. The van der Waals surface area contributed by atoms with Crippen LogP contribution < -0.4 is 5.32 Å². The number of amides is 1. The van der Waals surface area contributed by atoms with E-state index in [2.05, 4.69) is 5.32 Å². The van der Waals surface area contributed by atoms with Gasteiger partial charge in [-0.1, -0.05) is 41.9 Å². The summed E-state index contributed by atoms with van der Waals surface area (Å²) in [6.07, 6.45) is 0.983. The lowest BCUT2D eigenvalue weighted by atomic mass is 9.97. The van der Waals surface area contributed by atoms with Crippen molar-refractivity contribution in [3.05, 3.63) is 64.7 Å². The van der Waals surface area contributed by atoms with Crippen molar-refractivity contribution in [2.75, 3.05) is 25.5 Å². The number of hydrogen-bond acceptors (Lipinski definition) is 4. The molecule has 0 saturated carbocycles. The van der Waals surface area contributed by atoms with Crippen LogP contribution in [0.3, 0.4) is 0 Å². The maximum Gasteiger partial charge on any atom is 0.227 e. The molecule has 1 aliphatic heterocycles. The van der Waals surface area contributed by atoms with Crippen molar-refractivity contribution in [1.82, 2.24) is 4.31 Å². The fourth-order valence-electron chi connectivity index (χ4n) is 3.45. The van der Waals surface area contributed by atoms with E-state index in [1.54, 1.807) is 31.4 Å². The maximum atomic E-state index is 12.7. The van der Waals surface area contributed by atoms with Crippen LogP contribution in [0.25, 0.3) is 0 Å². The van der Waals surface area contributed by atoms with Crippen LogP contribution in [0.5, 0.6) is 0 Å². The highest BCUT2D eigenvalue weighted by Crippen LogP contribution is 2.25. The van der Waals surface area contributed by atoms with Gasteiger partial charge in [0.15, 0.2) is 0 Å². The summed E-state index contributed by atoms with van der Waals surface area (Å²) in [6, 6.07) is 14.5. The first-order valence-electron chi connectivity index (χ1n) is 9.49. The van der Waals surface area contributed by atoms with Crippen molar-refractivity contribution in [3.63, 3.8) is 0 Å². The average molecular weight is 437 g/mol.